The van der Waals surface area contributed by atoms with Crippen LogP contribution in [-0.2, 0) is 19.3 Å². The van der Waals surface area contributed by atoms with Crippen molar-refractivity contribution in [3.05, 3.63) is 22.6 Å². The van der Waals surface area contributed by atoms with Gasteiger partial charge in [-0.2, -0.15) is 0 Å². The fraction of sp³-hybridized carbons (Fsp3) is 0.588. The Bertz CT molecular complexity index is 853. The zero-order valence-electron chi connectivity index (χ0n) is 13.7. The SMILES string of the molecule is CC1CCc2c(sc3ncn4c(CC(C)(C)C)nnc4c23)C1. The molecule has 5 heteroatoms. The maximum atomic E-state index is 4.70. The number of thiophene rings is 1. The van der Waals surface area contributed by atoms with Crippen molar-refractivity contribution in [3.8, 4) is 0 Å². The summed E-state index contributed by atoms with van der Waals surface area (Å²) in [5, 5.41) is 10.2. The minimum Gasteiger partial charge on any atom is -0.269 e. The summed E-state index contributed by atoms with van der Waals surface area (Å²) >= 11 is 1.85. The van der Waals surface area contributed by atoms with E-state index >= 15 is 0 Å². The number of hydrogen-bond donors (Lipinski definition) is 0. The van der Waals surface area contributed by atoms with Crippen molar-refractivity contribution < 1.29 is 0 Å². The summed E-state index contributed by atoms with van der Waals surface area (Å²) in [6.45, 7) is 9.03. The van der Waals surface area contributed by atoms with Gasteiger partial charge in [-0.3, -0.25) is 4.40 Å². The Morgan fingerprint density at radius 3 is 2.91 bits per heavy atom. The molecule has 116 valence electrons. The zero-order chi connectivity index (χ0) is 15.5. The fourth-order valence-corrected chi connectivity index (χ4v) is 4.72. The Balaban J connectivity index is 1.92. The lowest BCUT2D eigenvalue weighted by Crippen LogP contribution is -2.12. The molecule has 0 radical (unpaired) electrons. The molecule has 3 aromatic rings. The normalized spacial score (nSPS) is 19.0. The first-order chi connectivity index (χ1) is 10.4. The highest BCUT2D eigenvalue weighted by molar-refractivity contribution is 7.19. The van der Waals surface area contributed by atoms with Crippen LogP contribution in [0, 0.1) is 11.3 Å². The molecule has 0 aromatic carbocycles. The highest BCUT2D eigenvalue weighted by Gasteiger charge is 2.24. The van der Waals surface area contributed by atoms with Gasteiger partial charge >= 0.3 is 0 Å². The standard InChI is InChI=1S/C17H22N4S/c1-10-5-6-11-12(7-10)22-16-14(11)15-20-19-13(8-17(2,3)4)21(15)9-18-16/h9-10H,5-8H2,1-4H3. The van der Waals surface area contributed by atoms with E-state index in [0.717, 1.165) is 35.1 Å². The highest BCUT2D eigenvalue weighted by atomic mass is 32.1. The van der Waals surface area contributed by atoms with Gasteiger partial charge in [-0.15, -0.1) is 21.5 Å². The van der Waals surface area contributed by atoms with Crippen molar-refractivity contribution >= 4 is 27.2 Å². The van der Waals surface area contributed by atoms with Crippen molar-refractivity contribution in [3.63, 3.8) is 0 Å². The Labute approximate surface area is 134 Å². The largest absolute Gasteiger partial charge is 0.269 e. The van der Waals surface area contributed by atoms with Crippen LogP contribution in [0.2, 0.25) is 0 Å². The van der Waals surface area contributed by atoms with Gasteiger partial charge in [0.2, 0.25) is 0 Å². The molecule has 1 aliphatic carbocycles. The number of fused-ring (bicyclic) bond motifs is 5. The molecular weight excluding hydrogens is 292 g/mol. The molecule has 4 rings (SSSR count). The number of nitrogens with zero attached hydrogens (tertiary/aromatic N) is 4. The molecule has 1 unspecified atom stereocenters. The minimum atomic E-state index is 0.196. The zero-order valence-corrected chi connectivity index (χ0v) is 14.5. The molecule has 0 bridgehead atoms. The first kappa shape index (κ1) is 14.1. The monoisotopic (exact) mass is 314 g/mol. The van der Waals surface area contributed by atoms with Gasteiger partial charge in [0.05, 0.1) is 5.39 Å². The van der Waals surface area contributed by atoms with Crippen LogP contribution in [0.15, 0.2) is 6.33 Å². The number of aromatic nitrogens is 4. The second-order valence-corrected chi connectivity index (χ2v) is 8.91. The van der Waals surface area contributed by atoms with E-state index < -0.39 is 0 Å². The van der Waals surface area contributed by atoms with Gasteiger partial charge in [0.1, 0.15) is 17.0 Å². The third-order valence-electron chi connectivity index (χ3n) is 4.46. The first-order valence-corrected chi connectivity index (χ1v) is 8.87. The fourth-order valence-electron chi connectivity index (χ4n) is 3.38. The minimum absolute atomic E-state index is 0.196. The van der Waals surface area contributed by atoms with E-state index in [-0.39, 0.29) is 5.41 Å². The quantitative estimate of drug-likeness (QED) is 0.680. The number of hydrogen-bond acceptors (Lipinski definition) is 4. The van der Waals surface area contributed by atoms with Gasteiger partial charge in [0.15, 0.2) is 5.65 Å². The van der Waals surface area contributed by atoms with E-state index in [4.69, 9.17) is 4.98 Å². The lowest BCUT2D eigenvalue weighted by atomic mass is 9.89. The average molecular weight is 314 g/mol. The predicted octanol–water partition coefficient (Wildman–Crippen LogP) is 4.05. The molecule has 0 aliphatic heterocycles. The molecule has 1 atom stereocenters. The van der Waals surface area contributed by atoms with Crippen LogP contribution in [0.5, 0.6) is 0 Å². The molecule has 22 heavy (non-hydrogen) atoms. The van der Waals surface area contributed by atoms with E-state index in [1.54, 1.807) is 0 Å². The first-order valence-electron chi connectivity index (χ1n) is 8.05. The van der Waals surface area contributed by atoms with Crippen LogP contribution in [-0.4, -0.2) is 19.6 Å². The van der Waals surface area contributed by atoms with Crippen LogP contribution in [0.3, 0.4) is 0 Å². The van der Waals surface area contributed by atoms with Crippen LogP contribution >= 0.6 is 11.3 Å². The van der Waals surface area contributed by atoms with E-state index in [2.05, 4.69) is 42.3 Å². The summed E-state index contributed by atoms with van der Waals surface area (Å²) < 4.78 is 2.10. The van der Waals surface area contributed by atoms with E-state index in [1.165, 1.54) is 28.7 Å². The van der Waals surface area contributed by atoms with E-state index in [0.29, 0.717) is 0 Å². The van der Waals surface area contributed by atoms with Crippen molar-refractivity contribution in [1.29, 1.82) is 0 Å². The molecule has 0 amide bonds. The van der Waals surface area contributed by atoms with E-state index in [1.807, 2.05) is 17.7 Å². The molecule has 3 heterocycles. The van der Waals surface area contributed by atoms with E-state index in [9.17, 15) is 0 Å². The number of rotatable bonds is 1. The maximum absolute atomic E-state index is 4.70. The van der Waals surface area contributed by atoms with Crippen LogP contribution in [0.1, 0.15) is 50.4 Å². The summed E-state index contributed by atoms with van der Waals surface area (Å²) in [6.07, 6.45) is 6.42. The van der Waals surface area contributed by atoms with Gasteiger partial charge in [0, 0.05) is 11.3 Å². The lowest BCUT2D eigenvalue weighted by molar-refractivity contribution is 0.399. The topological polar surface area (TPSA) is 43.1 Å². The van der Waals surface area contributed by atoms with Crippen molar-refractivity contribution in [2.45, 2.75) is 53.4 Å². The molecule has 4 nitrogen and oxygen atoms in total. The molecule has 3 aromatic heterocycles. The third kappa shape index (κ3) is 2.22. The van der Waals surface area contributed by atoms with Crippen LogP contribution in [0.4, 0.5) is 0 Å². The molecular formula is C17H22N4S. The van der Waals surface area contributed by atoms with Crippen molar-refractivity contribution in [2.24, 2.45) is 11.3 Å². The Hall–Kier alpha value is -1.49. The molecule has 0 N–H and O–H groups in total. The molecule has 0 fully saturated rings. The highest BCUT2D eigenvalue weighted by Crippen LogP contribution is 2.38. The maximum Gasteiger partial charge on any atom is 0.172 e. The Morgan fingerprint density at radius 1 is 1.32 bits per heavy atom. The molecule has 0 spiro atoms. The molecule has 1 aliphatic rings. The van der Waals surface area contributed by atoms with Gasteiger partial charge < -0.3 is 0 Å². The predicted molar refractivity (Wildman–Crippen MR) is 90.5 cm³/mol. The summed E-state index contributed by atoms with van der Waals surface area (Å²) in [6, 6.07) is 0. The summed E-state index contributed by atoms with van der Waals surface area (Å²) in [7, 11) is 0. The molecule has 0 saturated carbocycles. The van der Waals surface area contributed by atoms with Crippen molar-refractivity contribution in [1.82, 2.24) is 19.6 Å². The lowest BCUT2D eigenvalue weighted by Gasteiger charge is -2.17. The van der Waals surface area contributed by atoms with Gasteiger partial charge in [-0.1, -0.05) is 27.7 Å². The van der Waals surface area contributed by atoms with Gasteiger partial charge in [0.25, 0.3) is 0 Å². The van der Waals surface area contributed by atoms with Gasteiger partial charge in [-0.05, 0) is 36.2 Å². The number of aryl methyl sites for hydroxylation is 1. The van der Waals surface area contributed by atoms with Crippen LogP contribution < -0.4 is 0 Å². The summed E-state index contributed by atoms with van der Waals surface area (Å²) in [5.74, 6) is 1.80. The summed E-state index contributed by atoms with van der Waals surface area (Å²) in [5.41, 5.74) is 2.67. The van der Waals surface area contributed by atoms with Crippen LogP contribution in [0.25, 0.3) is 15.9 Å². The Morgan fingerprint density at radius 2 is 2.14 bits per heavy atom. The third-order valence-corrected chi connectivity index (χ3v) is 5.62. The summed E-state index contributed by atoms with van der Waals surface area (Å²) in [4.78, 5) is 7.34. The van der Waals surface area contributed by atoms with Crippen molar-refractivity contribution in [2.75, 3.05) is 0 Å². The Kier molecular flexibility index (Phi) is 3.05. The smallest absolute Gasteiger partial charge is 0.172 e. The molecule has 0 saturated heterocycles. The second-order valence-electron chi connectivity index (χ2n) is 7.82. The second kappa shape index (κ2) is 4.75. The van der Waals surface area contributed by atoms with Gasteiger partial charge in [-0.25, -0.2) is 4.98 Å². The average Bonchev–Trinajstić information content (AvgIpc) is 2.97.